The highest BCUT2D eigenvalue weighted by Crippen LogP contribution is 2.42. The van der Waals surface area contributed by atoms with E-state index in [-0.39, 0.29) is 18.7 Å². The fourth-order valence-electron chi connectivity index (χ4n) is 2.54. The lowest BCUT2D eigenvalue weighted by Gasteiger charge is -2.28. The van der Waals surface area contributed by atoms with Gasteiger partial charge in [-0.15, -0.1) is 0 Å². The summed E-state index contributed by atoms with van der Waals surface area (Å²) in [5, 5.41) is 3.41. The van der Waals surface area contributed by atoms with E-state index in [9.17, 15) is 14.4 Å². The molecular formula is C15H19FN6O6. The number of nitrogens with two attached hydrogens (primary N) is 1. The summed E-state index contributed by atoms with van der Waals surface area (Å²) >= 11 is 0. The molecule has 0 aliphatic carbocycles. The first kappa shape index (κ1) is 21.1. The topological polar surface area (TPSA) is 171 Å². The number of halogens is 1. The number of carbonyl (C=O) groups excluding carboxylic acids is 2. The highest BCUT2D eigenvalue weighted by molar-refractivity contribution is 5.69. The number of ether oxygens (including phenoxy) is 3. The maximum atomic E-state index is 15.2. The van der Waals surface area contributed by atoms with Crippen molar-refractivity contribution in [2.75, 3.05) is 12.3 Å². The predicted octanol–water partition coefficient (Wildman–Crippen LogP) is 0.974. The van der Waals surface area contributed by atoms with Crippen LogP contribution in [0, 0.1) is 0 Å². The smallest absolute Gasteiger partial charge is 0.351 e. The molecule has 0 radical (unpaired) electrons. The van der Waals surface area contributed by atoms with E-state index in [1.807, 2.05) is 0 Å². The van der Waals surface area contributed by atoms with Crippen molar-refractivity contribution in [3.63, 3.8) is 0 Å². The summed E-state index contributed by atoms with van der Waals surface area (Å²) in [7, 11) is 0. The summed E-state index contributed by atoms with van der Waals surface area (Å²) in [5.41, 5.74) is 11.2. The quantitative estimate of drug-likeness (QED) is 0.306. The van der Waals surface area contributed by atoms with Gasteiger partial charge in [0.2, 0.25) is 5.72 Å². The Morgan fingerprint density at radius 1 is 1.46 bits per heavy atom. The van der Waals surface area contributed by atoms with Gasteiger partial charge >= 0.3 is 17.6 Å². The van der Waals surface area contributed by atoms with E-state index in [2.05, 4.69) is 15.0 Å². The lowest BCUT2D eigenvalue weighted by atomic mass is 10.1. The van der Waals surface area contributed by atoms with Gasteiger partial charge in [0.1, 0.15) is 12.4 Å². The molecule has 2 heterocycles. The maximum absolute atomic E-state index is 15.2. The van der Waals surface area contributed by atoms with Crippen LogP contribution in [0.3, 0.4) is 0 Å². The minimum atomic E-state index is -2.21. The lowest BCUT2D eigenvalue weighted by molar-refractivity contribution is -0.176. The van der Waals surface area contributed by atoms with Crippen LogP contribution in [0.1, 0.15) is 32.9 Å². The molecule has 28 heavy (non-hydrogen) atoms. The third kappa shape index (κ3) is 4.21. The molecule has 1 fully saturated rings. The summed E-state index contributed by atoms with van der Waals surface area (Å²) < 4.78 is 31.5. The minimum absolute atomic E-state index is 0.00438. The van der Waals surface area contributed by atoms with Crippen molar-refractivity contribution >= 4 is 17.8 Å². The van der Waals surface area contributed by atoms with Crippen molar-refractivity contribution in [1.29, 1.82) is 0 Å². The highest BCUT2D eigenvalue weighted by atomic mass is 19.1. The normalized spacial score (nSPS) is 26.3. The summed E-state index contributed by atoms with van der Waals surface area (Å²) in [5.74, 6) is -1.58. The maximum Gasteiger partial charge on any atom is 0.351 e. The first-order chi connectivity index (χ1) is 13.3. The molecule has 0 spiro atoms. The molecule has 1 aromatic heterocycles. The second-order valence-electron chi connectivity index (χ2n) is 5.81. The van der Waals surface area contributed by atoms with Gasteiger partial charge in [0.25, 0.3) is 0 Å². The number of nitrogens with zero attached hydrogens (tertiary/aromatic N) is 5. The molecule has 1 saturated heterocycles. The SMILES string of the molecule is CCC(=O)OC[C@@]1(N=[N+]=[N-])O[C@@H](n2ccc(N)nc2=O)[C@H](F)[C@@H]1OC(=O)CC. The van der Waals surface area contributed by atoms with E-state index in [0.717, 1.165) is 10.8 Å². The molecule has 0 amide bonds. The largest absolute Gasteiger partial charge is 0.462 e. The van der Waals surface area contributed by atoms with Crippen LogP contribution in [0.25, 0.3) is 10.4 Å². The lowest BCUT2D eigenvalue weighted by Crippen LogP contribution is -2.47. The zero-order chi connectivity index (χ0) is 20.9. The molecule has 12 nitrogen and oxygen atoms in total. The Labute approximate surface area is 158 Å². The molecule has 1 aromatic rings. The number of carbonyl (C=O) groups is 2. The average Bonchev–Trinajstić information content (AvgIpc) is 2.92. The number of alkyl halides is 1. The Kier molecular flexibility index (Phi) is 6.54. The molecule has 152 valence electrons. The summed E-state index contributed by atoms with van der Waals surface area (Å²) in [6.45, 7) is 2.27. The monoisotopic (exact) mass is 398 g/mol. The minimum Gasteiger partial charge on any atom is -0.462 e. The van der Waals surface area contributed by atoms with E-state index in [0.29, 0.717) is 0 Å². The summed E-state index contributed by atoms with van der Waals surface area (Å²) in [4.78, 5) is 41.5. The van der Waals surface area contributed by atoms with Gasteiger partial charge in [-0.05, 0) is 11.6 Å². The van der Waals surface area contributed by atoms with E-state index in [1.165, 1.54) is 19.9 Å². The molecule has 0 unspecified atom stereocenters. The van der Waals surface area contributed by atoms with Gasteiger partial charge < -0.3 is 19.9 Å². The van der Waals surface area contributed by atoms with E-state index < -0.39 is 48.5 Å². The van der Waals surface area contributed by atoms with Crippen LogP contribution in [0.2, 0.25) is 0 Å². The van der Waals surface area contributed by atoms with Gasteiger partial charge in [-0.2, -0.15) is 4.98 Å². The average molecular weight is 398 g/mol. The number of hydrogen-bond acceptors (Lipinski definition) is 9. The number of esters is 2. The zero-order valence-corrected chi connectivity index (χ0v) is 15.1. The Morgan fingerprint density at radius 2 is 2.14 bits per heavy atom. The van der Waals surface area contributed by atoms with Gasteiger partial charge in [-0.3, -0.25) is 14.2 Å². The molecule has 0 saturated carbocycles. The van der Waals surface area contributed by atoms with Crippen molar-refractivity contribution in [3.8, 4) is 0 Å². The summed E-state index contributed by atoms with van der Waals surface area (Å²) in [6, 6.07) is 1.23. The van der Waals surface area contributed by atoms with Crippen LogP contribution < -0.4 is 11.4 Å². The van der Waals surface area contributed by atoms with Crippen molar-refractivity contribution in [3.05, 3.63) is 33.2 Å². The van der Waals surface area contributed by atoms with Crippen LogP contribution in [0.15, 0.2) is 22.2 Å². The van der Waals surface area contributed by atoms with Crippen molar-refractivity contribution in [1.82, 2.24) is 9.55 Å². The van der Waals surface area contributed by atoms with Crippen LogP contribution >= 0.6 is 0 Å². The molecule has 13 heteroatoms. The van der Waals surface area contributed by atoms with E-state index in [1.54, 1.807) is 0 Å². The van der Waals surface area contributed by atoms with Crippen molar-refractivity contribution < 1.29 is 28.2 Å². The van der Waals surface area contributed by atoms with Gasteiger partial charge in [0, 0.05) is 24.0 Å². The number of azide groups is 1. The van der Waals surface area contributed by atoms with Gasteiger partial charge in [0.05, 0.1) is 0 Å². The van der Waals surface area contributed by atoms with Crippen LogP contribution in [-0.2, 0) is 23.8 Å². The number of aromatic nitrogens is 2. The second kappa shape index (κ2) is 8.67. The van der Waals surface area contributed by atoms with Gasteiger partial charge in [-0.1, -0.05) is 19.0 Å². The number of hydrogen-bond donors (Lipinski definition) is 1. The molecule has 0 bridgehead atoms. The number of nitrogen functional groups attached to an aromatic ring is 1. The van der Waals surface area contributed by atoms with Crippen LogP contribution in [0.4, 0.5) is 10.2 Å². The first-order valence-electron chi connectivity index (χ1n) is 8.35. The first-order valence-corrected chi connectivity index (χ1v) is 8.35. The fourth-order valence-corrected chi connectivity index (χ4v) is 2.54. The third-order valence-corrected chi connectivity index (χ3v) is 3.95. The molecular weight excluding hydrogens is 379 g/mol. The molecule has 0 aromatic carbocycles. The predicted molar refractivity (Wildman–Crippen MR) is 91.2 cm³/mol. The standard InChI is InChI=1S/C15H19FN6O6/c1-3-9(23)26-7-15(20-21-18)12(27-10(24)4-2)11(16)13(28-15)22-6-5-8(17)19-14(22)25/h5-6,11-13H,3-4,7H2,1-2H3,(H2,17,19,25)/t11-,12+,13-,15-/m1/s1. The Balaban J connectivity index is 2.49. The molecule has 2 N–H and O–H groups in total. The number of rotatable bonds is 7. The molecule has 1 aliphatic rings. The Morgan fingerprint density at radius 3 is 2.71 bits per heavy atom. The second-order valence-corrected chi connectivity index (χ2v) is 5.81. The van der Waals surface area contributed by atoms with Gasteiger partial charge in [0.15, 0.2) is 18.5 Å². The third-order valence-electron chi connectivity index (χ3n) is 3.95. The van der Waals surface area contributed by atoms with Crippen LogP contribution in [-0.4, -0.2) is 46.1 Å². The molecule has 2 rings (SSSR count). The van der Waals surface area contributed by atoms with E-state index >= 15 is 4.39 Å². The van der Waals surface area contributed by atoms with Crippen LogP contribution in [0.5, 0.6) is 0 Å². The fraction of sp³-hybridized carbons (Fsp3) is 0.600. The Hall–Kier alpha value is -3.18. The Bertz CT molecular complexity index is 856. The highest BCUT2D eigenvalue weighted by Gasteiger charge is 2.60. The van der Waals surface area contributed by atoms with E-state index in [4.69, 9.17) is 25.5 Å². The zero-order valence-electron chi connectivity index (χ0n) is 15.1. The number of anilines is 1. The van der Waals surface area contributed by atoms with Crippen molar-refractivity contribution in [2.24, 2.45) is 5.11 Å². The van der Waals surface area contributed by atoms with Crippen molar-refractivity contribution in [2.45, 2.75) is 50.9 Å². The van der Waals surface area contributed by atoms with Gasteiger partial charge in [-0.25, -0.2) is 9.18 Å². The molecule has 1 aliphatic heterocycles. The molecule has 4 atom stereocenters. The summed E-state index contributed by atoms with van der Waals surface area (Å²) in [6.07, 6.45) is -4.54.